The molecular weight excluding hydrogens is 351 g/mol. The quantitative estimate of drug-likeness (QED) is 0.766. The molecule has 0 spiro atoms. The number of aromatic nitrogens is 3. The fraction of sp³-hybridized carbons (Fsp3) is 0.316. The summed E-state index contributed by atoms with van der Waals surface area (Å²) in [4.78, 5) is 26.0. The summed E-state index contributed by atoms with van der Waals surface area (Å²) in [7, 11) is 0. The first-order chi connectivity index (χ1) is 13.1. The number of morpholine rings is 1. The molecule has 1 amide bonds. The van der Waals surface area contributed by atoms with Gasteiger partial charge >= 0.3 is 6.09 Å². The van der Waals surface area contributed by atoms with Crippen LogP contribution < -0.4 is 0 Å². The van der Waals surface area contributed by atoms with Crippen molar-refractivity contribution in [2.75, 3.05) is 19.7 Å². The molecule has 3 heterocycles. The molecule has 1 atom stereocenters. The van der Waals surface area contributed by atoms with E-state index in [9.17, 15) is 9.18 Å². The van der Waals surface area contributed by atoms with Gasteiger partial charge in [-0.1, -0.05) is 12.1 Å². The van der Waals surface area contributed by atoms with E-state index in [4.69, 9.17) is 9.47 Å². The predicted molar refractivity (Wildman–Crippen MR) is 95.5 cm³/mol. The second-order valence-electron chi connectivity index (χ2n) is 6.43. The SMILES string of the molecule is Cc1ccnc2[nH]c(C3CN(C(=O)OCc4ccc(F)cc4)CCO3)nc12. The highest BCUT2D eigenvalue weighted by molar-refractivity contribution is 5.74. The van der Waals surface area contributed by atoms with Crippen LogP contribution >= 0.6 is 0 Å². The van der Waals surface area contributed by atoms with Crippen LogP contribution in [-0.2, 0) is 16.1 Å². The predicted octanol–water partition coefficient (Wildman–Crippen LogP) is 3.12. The van der Waals surface area contributed by atoms with Gasteiger partial charge in [0, 0.05) is 12.7 Å². The fourth-order valence-corrected chi connectivity index (χ4v) is 3.00. The van der Waals surface area contributed by atoms with Crippen LogP contribution in [0, 0.1) is 12.7 Å². The molecule has 8 heteroatoms. The van der Waals surface area contributed by atoms with Crippen molar-refractivity contribution in [2.45, 2.75) is 19.6 Å². The van der Waals surface area contributed by atoms with E-state index in [1.54, 1.807) is 23.2 Å². The van der Waals surface area contributed by atoms with Crippen LogP contribution in [0.15, 0.2) is 36.5 Å². The number of nitrogens with one attached hydrogen (secondary N) is 1. The van der Waals surface area contributed by atoms with E-state index in [1.165, 1.54) is 12.1 Å². The topological polar surface area (TPSA) is 80.3 Å². The first kappa shape index (κ1) is 17.4. The molecule has 0 radical (unpaired) electrons. The van der Waals surface area contributed by atoms with Gasteiger partial charge in [-0.2, -0.15) is 0 Å². The molecule has 2 aromatic heterocycles. The summed E-state index contributed by atoms with van der Waals surface area (Å²) in [5.74, 6) is 0.319. The van der Waals surface area contributed by atoms with Crippen LogP contribution in [0.4, 0.5) is 9.18 Å². The zero-order chi connectivity index (χ0) is 18.8. The number of fused-ring (bicyclic) bond motifs is 1. The second kappa shape index (κ2) is 7.32. The Morgan fingerprint density at radius 2 is 2.19 bits per heavy atom. The number of pyridine rings is 1. The van der Waals surface area contributed by atoms with E-state index in [-0.39, 0.29) is 18.5 Å². The number of carbonyl (C=O) groups excluding carboxylic acids is 1. The summed E-state index contributed by atoms with van der Waals surface area (Å²) in [6.45, 7) is 3.22. The van der Waals surface area contributed by atoms with Crippen LogP contribution in [0.2, 0.25) is 0 Å². The molecule has 0 bridgehead atoms. The highest BCUT2D eigenvalue weighted by Crippen LogP contribution is 2.23. The number of hydrogen-bond donors (Lipinski definition) is 1. The van der Waals surface area contributed by atoms with Crippen molar-refractivity contribution in [2.24, 2.45) is 0 Å². The van der Waals surface area contributed by atoms with Gasteiger partial charge in [-0.15, -0.1) is 0 Å². The van der Waals surface area contributed by atoms with Crippen molar-refractivity contribution < 1.29 is 18.7 Å². The van der Waals surface area contributed by atoms with Gasteiger partial charge in [0.1, 0.15) is 29.9 Å². The number of benzene rings is 1. The lowest BCUT2D eigenvalue weighted by molar-refractivity contribution is -0.0330. The maximum atomic E-state index is 12.9. The Morgan fingerprint density at radius 1 is 1.37 bits per heavy atom. The van der Waals surface area contributed by atoms with Gasteiger partial charge in [0.2, 0.25) is 0 Å². The van der Waals surface area contributed by atoms with Gasteiger partial charge < -0.3 is 19.4 Å². The van der Waals surface area contributed by atoms with Crippen molar-refractivity contribution in [1.82, 2.24) is 19.9 Å². The third-order valence-electron chi connectivity index (χ3n) is 4.51. The summed E-state index contributed by atoms with van der Waals surface area (Å²) < 4.78 is 24.1. The number of amides is 1. The normalized spacial score (nSPS) is 17.3. The minimum Gasteiger partial charge on any atom is -0.445 e. The third kappa shape index (κ3) is 3.75. The summed E-state index contributed by atoms with van der Waals surface area (Å²) in [6, 6.07) is 7.76. The summed E-state index contributed by atoms with van der Waals surface area (Å²) in [5.41, 5.74) is 3.25. The molecule has 7 nitrogen and oxygen atoms in total. The lowest BCUT2D eigenvalue weighted by Gasteiger charge is -2.31. The van der Waals surface area contributed by atoms with E-state index in [2.05, 4.69) is 15.0 Å². The van der Waals surface area contributed by atoms with Gasteiger partial charge in [-0.25, -0.2) is 19.2 Å². The Morgan fingerprint density at radius 3 is 2.96 bits per heavy atom. The van der Waals surface area contributed by atoms with Crippen LogP contribution in [-0.4, -0.2) is 45.6 Å². The van der Waals surface area contributed by atoms with Gasteiger partial charge in [0.15, 0.2) is 5.65 Å². The van der Waals surface area contributed by atoms with Gasteiger partial charge in [0.25, 0.3) is 0 Å². The number of ether oxygens (including phenoxy) is 2. The summed E-state index contributed by atoms with van der Waals surface area (Å²) in [6.07, 6.45) is 0.921. The van der Waals surface area contributed by atoms with Crippen molar-refractivity contribution in [3.05, 3.63) is 59.3 Å². The molecule has 0 aliphatic carbocycles. The molecule has 27 heavy (non-hydrogen) atoms. The standard InChI is InChI=1S/C19H19FN4O3/c1-12-6-7-21-18-16(12)22-17(23-18)15-10-24(8-9-26-15)19(25)27-11-13-2-4-14(20)5-3-13/h2-7,15H,8-11H2,1H3,(H,21,22,23). The smallest absolute Gasteiger partial charge is 0.410 e. The fourth-order valence-electron chi connectivity index (χ4n) is 3.00. The molecular formula is C19H19FN4O3. The number of halogens is 1. The zero-order valence-electron chi connectivity index (χ0n) is 14.8. The number of aryl methyl sites for hydroxylation is 1. The summed E-state index contributed by atoms with van der Waals surface area (Å²) >= 11 is 0. The van der Waals surface area contributed by atoms with Crippen LogP contribution in [0.3, 0.4) is 0 Å². The Kier molecular flexibility index (Phi) is 4.72. The van der Waals surface area contributed by atoms with E-state index >= 15 is 0 Å². The van der Waals surface area contributed by atoms with E-state index in [0.717, 1.165) is 16.6 Å². The number of rotatable bonds is 3. The van der Waals surface area contributed by atoms with E-state index < -0.39 is 6.09 Å². The lowest BCUT2D eigenvalue weighted by atomic mass is 10.2. The van der Waals surface area contributed by atoms with Crippen LogP contribution in [0.5, 0.6) is 0 Å². The van der Waals surface area contributed by atoms with Crippen LogP contribution in [0.1, 0.15) is 23.1 Å². The molecule has 1 unspecified atom stereocenters. The monoisotopic (exact) mass is 370 g/mol. The molecule has 0 saturated carbocycles. The first-order valence-corrected chi connectivity index (χ1v) is 8.69. The number of hydrogen-bond acceptors (Lipinski definition) is 5. The van der Waals surface area contributed by atoms with E-state index in [1.807, 2.05) is 13.0 Å². The van der Waals surface area contributed by atoms with Crippen LogP contribution in [0.25, 0.3) is 11.2 Å². The first-order valence-electron chi connectivity index (χ1n) is 8.69. The number of aromatic amines is 1. The molecule has 1 N–H and O–H groups in total. The van der Waals surface area contributed by atoms with Crippen molar-refractivity contribution in [1.29, 1.82) is 0 Å². The highest BCUT2D eigenvalue weighted by atomic mass is 19.1. The van der Waals surface area contributed by atoms with Crippen molar-refractivity contribution in [3.63, 3.8) is 0 Å². The molecule has 3 aromatic rings. The molecule has 4 rings (SSSR count). The third-order valence-corrected chi connectivity index (χ3v) is 4.51. The number of imidazole rings is 1. The van der Waals surface area contributed by atoms with E-state index in [0.29, 0.717) is 31.2 Å². The molecule has 1 aromatic carbocycles. The Hall–Kier alpha value is -3.00. The molecule has 1 aliphatic heterocycles. The average Bonchev–Trinajstić information content (AvgIpc) is 3.13. The number of carbonyl (C=O) groups is 1. The molecule has 1 saturated heterocycles. The Labute approximate surface area is 155 Å². The summed E-state index contributed by atoms with van der Waals surface area (Å²) in [5, 5.41) is 0. The van der Waals surface area contributed by atoms with Crippen molar-refractivity contribution >= 4 is 17.3 Å². The minimum atomic E-state index is -0.432. The van der Waals surface area contributed by atoms with Gasteiger partial charge in [0.05, 0.1) is 13.2 Å². The lowest BCUT2D eigenvalue weighted by Crippen LogP contribution is -2.42. The number of H-pyrrole nitrogens is 1. The maximum absolute atomic E-state index is 12.9. The van der Waals surface area contributed by atoms with Crippen molar-refractivity contribution in [3.8, 4) is 0 Å². The number of nitrogens with zero attached hydrogens (tertiary/aromatic N) is 3. The second-order valence-corrected chi connectivity index (χ2v) is 6.43. The molecule has 1 fully saturated rings. The largest absolute Gasteiger partial charge is 0.445 e. The highest BCUT2D eigenvalue weighted by Gasteiger charge is 2.28. The molecule has 140 valence electrons. The van der Waals surface area contributed by atoms with Gasteiger partial charge in [-0.05, 0) is 36.2 Å². The zero-order valence-corrected chi connectivity index (χ0v) is 14.8. The average molecular weight is 370 g/mol. The molecule has 1 aliphatic rings. The Balaban J connectivity index is 1.41. The minimum absolute atomic E-state index is 0.0922. The van der Waals surface area contributed by atoms with Gasteiger partial charge in [-0.3, -0.25) is 0 Å². The Bertz CT molecular complexity index is 957. The maximum Gasteiger partial charge on any atom is 0.410 e.